The van der Waals surface area contributed by atoms with Gasteiger partial charge in [0.1, 0.15) is 0 Å². The Kier molecular flexibility index (Phi) is 18.1. The van der Waals surface area contributed by atoms with E-state index in [0.29, 0.717) is 38.5 Å². The SMILES string of the molecule is C=CC(=O)OCCCCOP(=O)(OCCCCOC(=O)C=C)OCCCCOC(=O)C=C. The van der Waals surface area contributed by atoms with E-state index in [4.69, 9.17) is 27.8 Å². The van der Waals surface area contributed by atoms with Gasteiger partial charge in [0.15, 0.2) is 0 Å². The first-order valence-electron chi connectivity index (χ1n) is 10.3. The topological polar surface area (TPSA) is 124 Å². The number of carbonyl (C=O) groups excluding carboxylic acids is 3. The molecule has 0 aromatic rings. The van der Waals surface area contributed by atoms with Crippen LogP contribution in [0.25, 0.3) is 0 Å². The van der Waals surface area contributed by atoms with Crippen LogP contribution in [0, 0.1) is 0 Å². The number of esters is 3. The lowest BCUT2D eigenvalue weighted by molar-refractivity contribution is -0.138. The molecule has 0 saturated carbocycles. The van der Waals surface area contributed by atoms with Crippen molar-refractivity contribution < 1.29 is 46.7 Å². The molecule has 182 valence electrons. The van der Waals surface area contributed by atoms with Crippen molar-refractivity contribution in [3.63, 3.8) is 0 Å². The predicted molar refractivity (Wildman–Crippen MR) is 117 cm³/mol. The molecular formula is C21H33O10P. The molecule has 0 N–H and O–H groups in total. The van der Waals surface area contributed by atoms with Crippen LogP contribution < -0.4 is 0 Å². The highest BCUT2D eigenvalue weighted by molar-refractivity contribution is 7.48. The molecule has 0 rings (SSSR count). The van der Waals surface area contributed by atoms with E-state index >= 15 is 0 Å². The molecule has 0 atom stereocenters. The Labute approximate surface area is 189 Å². The molecular weight excluding hydrogens is 443 g/mol. The van der Waals surface area contributed by atoms with Crippen LogP contribution >= 0.6 is 7.82 Å². The second-order valence-corrected chi connectivity index (χ2v) is 7.85. The Hall–Kier alpha value is -2.26. The van der Waals surface area contributed by atoms with E-state index in [1.54, 1.807) is 0 Å². The maximum absolute atomic E-state index is 12.8. The number of rotatable bonds is 21. The number of carbonyl (C=O) groups is 3. The molecule has 0 aromatic heterocycles. The van der Waals surface area contributed by atoms with Gasteiger partial charge in [-0.25, -0.2) is 18.9 Å². The summed E-state index contributed by atoms with van der Waals surface area (Å²) in [5, 5.41) is 0. The molecule has 32 heavy (non-hydrogen) atoms. The molecule has 0 aliphatic rings. The molecule has 0 heterocycles. The third-order valence-corrected chi connectivity index (χ3v) is 5.09. The molecule has 10 nitrogen and oxygen atoms in total. The van der Waals surface area contributed by atoms with Gasteiger partial charge in [-0.1, -0.05) is 19.7 Å². The normalized spacial score (nSPS) is 10.8. The smallest absolute Gasteiger partial charge is 0.463 e. The van der Waals surface area contributed by atoms with Crippen LogP contribution in [0.5, 0.6) is 0 Å². The highest BCUT2D eigenvalue weighted by atomic mass is 31.2. The summed E-state index contributed by atoms with van der Waals surface area (Å²) in [5.74, 6) is -1.54. The maximum atomic E-state index is 12.8. The number of phosphoric acid groups is 1. The van der Waals surface area contributed by atoms with Gasteiger partial charge >= 0.3 is 25.7 Å². The zero-order chi connectivity index (χ0) is 24.1. The molecule has 0 aromatic carbocycles. The summed E-state index contributed by atoms with van der Waals surface area (Å²) in [6.45, 7) is 10.7. The summed E-state index contributed by atoms with van der Waals surface area (Å²) in [6, 6.07) is 0. The van der Waals surface area contributed by atoms with Gasteiger partial charge < -0.3 is 14.2 Å². The maximum Gasteiger partial charge on any atom is 0.474 e. The van der Waals surface area contributed by atoms with Crippen molar-refractivity contribution in [1.82, 2.24) is 0 Å². The third-order valence-electron chi connectivity index (χ3n) is 3.60. The summed E-state index contributed by atoms with van der Waals surface area (Å²) >= 11 is 0. The van der Waals surface area contributed by atoms with Crippen molar-refractivity contribution in [3.05, 3.63) is 38.0 Å². The Morgan fingerprint density at radius 1 is 0.531 bits per heavy atom. The van der Waals surface area contributed by atoms with Crippen LogP contribution in [0.15, 0.2) is 38.0 Å². The summed E-state index contributed by atoms with van der Waals surface area (Å²) in [5.41, 5.74) is 0. The fourth-order valence-corrected chi connectivity index (χ4v) is 3.23. The van der Waals surface area contributed by atoms with E-state index in [9.17, 15) is 18.9 Å². The quantitative estimate of drug-likeness (QED) is 0.0797. The lowest BCUT2D eigenvalue weighted by atomic mass is 10.3. The van der Waals surface area contributed by atoms with Gasteiger partial charge in [0.2, 0.25) is 0 Å². The Morgan fingerprint density at radius 2 is 0.781 bits per heavy atom. The highest BCUT2D eigenvalue weighted by Gasteiger charge is 2.26. The van der Waals surface area contributed by atoms with Gasteiger partial charge in [0.05, 0.1) is 39.6 Å². The van der Waals surface area contributed by atoms with Gasteiger partial charge in [-0.15, -0.1) is 0 Å². The summed E-state index contributed by atoms with van der Waals surface area (Å²) < 4.78 is 43.4. The van der Waals surface area contributed by atoms with E-state index in [1.165, 1.54) is 0 Å². The predicted octanol–water partition coefficient (Wildman–Crippen LogP) is 3.67. The van der Waals surface area contributed by atoms with E-state index in [1.807, 2.05) is 0 Å². The second kappa shape index (κ2) is 19.4. The first kappa shape index (κ1) is 29.7. The first-order valence-corrected chi connectivity index (χ1v) is 11.7. The summed E-state index contributed by atoms with van der Waals surface area (Å²) in [4.78, 5) is 32.9. The molecule has 0 amide bonds. The molecule has 0 fully saturated rings. The van der Waals surface area contributed by atoms with Gasteiger partial charge in [0, 0.05) is 18.2 Å². The van der Waals surface area contributed by atoms with E-state index < -0.39 is 25.7 Å². The van der Waals surface area contributed by atoms with Crippen molar-refractivity contribution in [3.8, 4) is 0 Å². The molecule has 0 spiro atoms. The van der Waals surface area contributed by atoms with E-state index in [-0.39, 0.29) is 39.6 Å². The Morgan fingerprint density at radius 3 is 1.03 bits per heavy atom. The van der Waals surface area contributed by atoms with Crippen molar-refractivity contribution in [1.29, 1.82) is 0 Å². The van der Waals surface area contributed by atoms with Crippen LogP contribution in [0.1, 0.15) is 38.5 Å². The van der Waals surface area contributed by atoms with E-state index in [0.717, 1.165) is 18.2 Å². The number of unbranched alkanes of at least 4 members (excludes halogenated alkanes) is 3. The van der Waals surface area contributed by atoms with Gasteiger partial charge in [-0.2, -0.15) is 0 Å². The minimum absolute atomic E-state index is 0.0802. The zero-order valence-electron chi connectivity index (χ0n) is 18.4. The standard InChI is InChI=1S/C21H33O10P/c1-4-19(22)26-13-7-10-16-29-32(25,30-17-11-8-14-27-20(23)5-2)31-18-12-9-15-28-21(24)6-3/h4-6H,1-3,7-18H2. The Balaban J connectivity index is 4.29. The van der Waals surface area contributed by atoms with Crippen LogP contribution in [-0.4, -0.2) is 57.5 Å². The number of ether oxygens (including phenoxy) is 3. The molecule has 0 unspecified atom stereocenters. The average molecular weight is 476 g/mol. The number of hydrogen-bond acceptors (Lipinski definition) is 10. The molecule has 0 saturated heterocycles. The van der Waals surface area contributed by atoms with Crippen LogP contribution in [0.3, 0.4) is 0 Å². The molecule has 0 bridgehead atoms. The van der Waals surface area contributed by atoms with Crippen molar-refractivity contribution in [2.24, 2.45) is 0 Å². The monoisotopic (exact) mass is 476 g/mol. The fraction of sp³-hybridized carbons (Fsp3) is 0.571. The largest absolute Gasteiger partial charge is 0.474 e. The lowest BCUT2D eigenvalue weighted by Crippen LogP contribution is -2.08. The van der Waals surface area contributed by atoms with Crippen molar-refractivity contribution >= 4 is 25.7 Å². The summed E-state index contributed by atoms with van der Waals surface area (Å²) in [7, 11) is -3.81. The molecule has 11 heteroatoms. The highest BCUT2D eigenvalue weighted by Crippen LogP contribution is 2.49. The van der Waals surface area contributed by atoms with E-state index in [2.05, 4.69) is 19.7 Å². The fourth-order valence-electron chi connectivity index (χ4n) is 1.95. The van der Waals surface area contributed by atoms with Gasteiger partial charge in [0.25, 0.3) is 0 Å². The summed E-state index contributed by atoms with van der Waals surface area (Å²) in [6.07, 6.45) is 6.13. The van der Waals surface area contributed by atoms with Crippen LogP contribution in [-0.2, 0) is 46.7 Å². The first-order chi connectivity index (χ1) is 15.4. The van der Waals surface area contributed by atoms with Crippen molar-refractivity contribution in [2.75, 3.05) is 39.6 Å². The minimum Gasteiger partial charge on any atom is -0.463 e. The van der Waals surface area contributed by atoms with Crippen molar-refractivity contribution in [2.45, 2.75) is 38.5 Å². The zero-order valence-corrected chi connectivity index (χ0v) is 19.3. The lowest BCUT2D eigenvalue weighted by Gasteiger charge is -2.18. The number of hydrogen-bond donors (Lipinski definition) is 0. The third kappa shape index (κ3) is 17.4. The molecule has 0 radical (unpaired) electrons. The Bertz CT molecular complexity index is 561. The number of phosphoric ester groups is 1. The minimum atomic E-state index is -3.81. The van der Waals surface area contributed by atoms with Crippen LogP contribution in [0.2, 0.25) is 0 Å². The van der Waals surface area contributed by atoms with Gasteiger partial charge in [-0.3, -0.25) is 13.6 Å². The molecule has 0 aliphatic heterocycles. The van der Waals surface area contributed by atoms with Crippen LogP contribution in [0.4, 0.5) is 0 Å². The average Bonchev–Trinajstić information content (AvgIpc) is 2.80. The van der Waals surface area contributed by atoms with Gasteiger partial charge in [-0.05, 0) is 38.5 Å². The molecule has 0 aliphatic carbocycles. The second-order valence-electron chi connectivity index (χ2n) is 6.18.